The summed E-state index contributed by atoms with van der Waals surface area (Å²) in [7, 11) is 0. The molecule has 2 rings (SSSR count). The Balaban J connectivity index is 2.28. The second-order valence-electron chi connectivity index (χ2n) is 3.85. The van der Waals surface area contributed by atoms with Gasteiger partial charge in [-0.1, -0.05) is 27.5 Å². The van der Waals surface area contributed by atoms with Gasteiger partial charge in [-0.15, -0.1) is 0 Å². The average Bonchev–Trinajstić information content (AvgIpc) is 2.32. The van der Waals surface area contributed by atoms with Gasteiger partial charge >= 0.3 is 0 Å². The van der Waals surface area contributed by atoms with Crippen LogP contribution < -0.4 is 11.1 Å². The van der Waals surface area contributed by atoms with E-state index in [9.17, 15) is 9.18 Å². The summed E-state index contributed by atoms with van der Waals surface area (Å²) in [5, 5.41) is 2.86. The molecule has 0 aliphatic carbocycles. The monoisotopic (exact) mass is 342 g/mol. The molecule has 0 saturated heterocycles. The summed E-state index contributed by atoms with van der Waals surface area (Å²) < 4.78 is 14.2. The third kappa shape index (κ3) is 3.45. The van der Waals surface area contributed by atoms with Crippen molar-refractivity contribution in [2.24, 2.45) is 0 Å². The molecule has 2 aromatic rings. The Hall–Kier alpha value is -1.59. The molecule has 0 heterocycles. The summed E-state index contributed by atoms with van der Waals surface area (Å²) in [5.74, 6) is -1.02. The molecule has 98 valence electrons. The molecule has 0 unspecified atom stereocenters. The summed E-state index contributed by atoms with van der Waals surface area (Å²) in [6, 6.07) is 8.70. The van der Waals surface area contributed by atoms with Crippen LogP contribution in [0.15, 0.2) is 40.9 Å². The molecule has 19 heavy (non-hydrogen) atoms. The molecule has 0 aromatic heterocycles. The standard InChI is InChI=1S/C13H9BrClFN2O/c14-8-3-7(4-9(15)5-8)13(19)18-12-6-10(17)1-2-11(12)16/h1-6H,17H2,(H,18,19). The Morgan fingerprint density at radius 1 is 1.26 bits per heavy atom. The fourth-order valence-electron chi connectivity index (χ4n) is 1.52. The lowest BCUT2D eigenvalue weighted by Gasteiger charge is -2.08. The lowest BCUT2D eigenvalue weighted by Crippen LogP contribution is -2.13. The van der Waals surface area contributed by atoms with Gasteiger partial charge in [-0.25, -0.2) is 4.39 Å². The molecule has 0 aliphatic heterocycles. The molecule has 6 heteroatoms. The molecule has 2 aromatic carbocycles. The maximum absolute atomic E-state index is 13.5. The first-order chi connectivity index (χ1) is 8.95. The Bertz CT molecular complexity index is 628. The summed E-state index contributed by atoms with van der Waals surface area (Å²) >= 11 is 9.08. The molecule has 1 amide bonds. The number of nitrogen functional groups attached to an aromatic ring is 1. The zero-order valence-corrected chi connectivity index (χ0v) is 11.9. The van der Waals surface area contributed by atoms with Crippen molar-refractivity contribution in [3.05, 3.63) is 57.3 Å². The molecule has 0 fully saturated rings. The number of nitrogens with one attached hydrogen (secondary N) is 1. The van der Waals surface area contributed by atoms with Crippen LogP contribution in [0.2, 0.25) is 5.02 Å². The van der Waals surface area contributed by atoms with Gasteiger partial charge in [0, 0.05) is 20.7 Å². The highest BCUT2D eigenvalue weighted by Crippen LogP contribution is 2.22. The van der Waals surface area contributed by atoms with Crippen molar-refractivity contribution in [2.75, 3.05) is 11.1 Å². The number of hydrogen-bond acceptors (Lipinski definition) is 2. The van der Waals surface area contributed by atoms with Crippen LogP contribution in [0.4, 0.5) is 15.8 Å². The Morgan fingerprint density at radius 2 is 2.00 bits per heavy atom. The van der Waals surface area contributed by atoms with Crippen LogP contribution >= 0.6 is 27.5 Å². The van der Waals surface area contributed by atoms with E-state index in [1.807, 2.05) is 0 Å². The van der Waals surface area contributed by atoms with Crippen molar-refractivity contribution >= 4 is 44.8 Å². The van der Waals surface area contributed by atoms with Crippen LogP contribution in [-0.2, 0) is 0 Å². The number of nitrogens with two attached hydrogens (primary N) is 1. The second-order valence-corrected chi connectivity index (χ2v) is 5.20. The summed E-state index contributed by atoms with van der Waals surface area (Å²) in [6.45, 7) is 0. The Kier molecular flexibility index (Phi) is 4.07. The number of benzene rings is 2. The van der Waals surface area contributed by atoms with Gasteiger partial charge in [-0.3, -0.25) is 4.79 Å². The summed E-state index contributed by atoms with van der Waals surface area (Å²) in [5.41, 5.74) is 6.26. The maximum atomic E-state index is 13.5. The molecule has 0 aliphatic rings. The van der Waals surface area contributed by atoms with Crippen molar-refractivity contribution in [2.45, 2.75) is 0 Å². The van der Waals surface area contributed by atoms with Crippen LogP contribution in [0.1, 0.15) is 10.4 Å². The average molecular weight is 344 g/mol. The van der Waals surface area contributed by atoms with Crippen LogP contribution in [-0.4, -0.2) is 5.91 Å². The van der Waals surface area contributed by atoms with E-state index in [1.54, 1.807) is 12.1 Å². The highest BCUT2D eigenvalue weighted by Gasteiger charge is 2.11. The lowest BCUT2D eigenvalue weighted by molar-refractivity contribution is 0.102. The first-order valence-electron chi connectivity index (χ1n) is 5.28. The summed E-state index contributed by atoms with van der Waals surface area (Å²) in [6.07, 6.45) is 0. The highest BCUT2D eigenvalue weighted by molar-refractivity contribution is 9.10. The molecular formula is C13H9BrClFN2O. The van der Waals surface area contributed by atoms with E-state index in [4.69, 9.17) is 17.3 Å². The number of anilines is 2. The van der Waals surface area contributed by atoms with Gasteiger partial charge in [0.15, 0.2) is 0 Å². The quantitative estimate of drug-likeness (QED) is 0.807. The van der Waals surface area contributed by atoms with E-state index in [1.165, 1.54) is 24.3 Å². The predicted molar refractivity (Wildman–Crippen MR) is 77.9 cm³/mol. The molecule has 0 spiro atoms. The fourth-order valence-corrected chi connectivity index (χ4v) is 2.38. The number of hydrogen-bond donors (Lipinski definition) is 2. The summed E-state index contributed by atoms with van der Waals surface area (Å²) in [4.78, 5) is 12.0. The van der Waals surface area contributed by atoms with Crippen molar-refractivity contribution < 1.29 is 9.18 Å². The Labute approximate surface area is 122 Å². The van der Waals surface area contributed by atoms with Gasteiger partial charge < -0.3 is 11.1 Å². The van der Waals surface area contributed by atoms with Crippen LogP contribution in [0.5, 0.6) is 0 Å². The molecule has 0 radical (unpaired) electrons. The number of amides is 1. The Morgan fingerprint density at radius 3 is 2.68 bits per heavy atom. The van der Waals surface area contributed by atoms with Crippen LogP contribution in [0, 0.1) is 5.82 Å². The normalized spacial score (nSPS) is 10.3. The van der Waals surface area contributed by atoms with Crippen molar-refractivity contribution in [3.8, 4) is 0 Å². The lowest BCUT2D eigenvalue weighted by atomic mass is 10.2. The van der Waals surface area contributed by atoms with Crippen molar-refractivity contribution in [1.82, 2.24) is 0 Å². The fraction of sp³-hybridized carbons (Fsp3) is 0. The number of carbonyl (C=O) groups is 1. The van der Waals surface area contributed by atoms with Gasteiger partial charge in [0.2, 0.25) is 0 Å². The number of halogens is 3. The number of carbonyl (C=O) groups excluding carboxylic acids is 1. The molecule has 0 bridgehead atoms. The van der Waals surface area contributed by atoms with Crippen molar-refractivity contribution in [3.63, 3.8) is 0 Å². The molecular weight excluding hydrogens is 335 g/mol. The third-order valence-corrected chi connectivity index (χ3v) is 3.04. The highest BCUT2D eigenvalue weighted by atomic mass is 79.9. The van der Waals surface area contributed by atoms with Crippen LogP contribution in [0.25, 0.3) is 0 Å². The van der Waals surface area contributed by atoms with Gasteiger partial charge in [-0.2, -0.15) is 0 Å². The minimum absolute atomic E-state index is 0.0288. The van der Waals surface area contributed by atoms with E-state index < -0.39 is 11.7 Å². The first-order valence-corrected chi connectivity index (χ1v) is 6.45. The van der Waals surface area contributed by atoms with Gasteiger partial charge in [0.05, 0.1) is 5.69 Å². The molecule has 0 atom stereocenters. The minimum Gasteiger partial charge on any atom is -0.399 e. The van der Waals surface area contributed by atoms with Gasteiger partial charge in [0.25, 0.3) is 5.91 Å². The number of rotatable bonds is 2. The first kappa shape index (κ1) is 13.8. The van der Waals surface area contributed by atoms with Crippen LogP contribution in [0.3, 0.4) is 0 Å². The molecule has 0 saturated carbocycles. The molecule has 3 nitrogen and oxygen atoms in total. The smallest absolute Gasteiger partial charge is 0.255 e. The van der Waals surface area contributed by atoms with E-state index in [0.29, 0.717) is 20.7 Å². The second kappa shape index (κ2) is 5.59. The van der Waals surface area contributed by atoms with E-state index in [-0.39, 0.29) is 5.69 Å². The predicted octanol–water partition coefficient (Wildman–Crippen LogP) is 4.08. The third-order valence-electron chi connectivity index (χ3n) is 2.36. The van der Waals surface area contributed by atoms with Crippen molar-refractivity contribution in [1.29, 1.82) is 0 Å². The van der Waals surface area contributed by atoms with Gasteiger partial charge in [0.1, 0.15) is 5.82 Å². The van der Waals surface area contributed by atoms with Gasteiger partial charge in [-0.05, 0) is 36.4 Å². The minimum atomic E-state index is -0.552. The van der Waals surface area contributed by atoms with E-state index in [0.717, 1.165) is 0 Å². The largest absolute Gasteiger partial charge is 0.399 e. The SMILES string of the molecule is Nc1ccc(F)c(NC(=O)c2cc(Cl)cc(Br)c2)c1. The van der Waals surface area contributed by atoms with E-state index >= 15 is 0 Å². The topological polar surface area (TPSA) is 55.1 Å². The molecule has 3 N–H and O–H groups in total. The zero-order valence-electron chi connectivity index (χ0n) is 9.58. The zero-order chi connectivity index (χ0) is 14.0. The maximum Gasteiger partial charge on any atom is 0.255 e. The van der Waals surface area contributed by atoms with E-state index in [2.05, 4.69) is 21.2 Å².